The van der Waals surface area contributed by atoms with Gasteiger partial charge in [0.1, 0.15) is 11.9 Å². The van der Waals surface area contributed by atoms with Crippen LogP contribution in [0, 0.1) is 16.7 Å². The zero-order valence-electron chi connectivity index (χ0n) is 10.5. The van der Waals surface area contributed by atoms with E-state index in [1.54, 1.807) is 6.92 Å². The predicted octanol–water partition coefficient (Wildman–Crippen LogP) is 2.33. The van der Waals surface area contributed by atoms with E-state index < -0.39 is 5.41 Å². The molecule has 3 atom stereocenters. The molecule has 0 saturated heterocycles. The van der Waals surface area contributed by atoms with Crippen LogP contribution < -0.4 is 0 Å². The Morgan fingerprint density at radius 2 is 2.06 bits per heavy atom. The lowest BCUT2D eigenvalue weighted by molar-refractivity contribution is -0.160. The van der Waals surface area contributed by atoms with Crippen molar-refractivity contribution in [1.82, 2.24) is 0 Å². The van der Waals surface area contributed by atoms with Crippen LogP contribution in [0.4, 0.5) is 0 Å². The molecule has 2 bridgehead atoms. The molecule has 90 valence electrons. The highest BCUT2D eigenvalue weighted by molar-refractivity contribution is 5.90. The smallest absolute Gasteiger partial charge is 0.305 e. The Morgan fingerprint density at radius 1 is 1.44 bits per heavy atom. The Morgan fingerprint density at radius 3 is 2.50 bits per heavy atom. The molecule has 0 aliphatic heterocycles. The molecule has 0 amide bonds. The average molecular weight is 224 g/mol. The molecule has 0 aromatic carbocycles. The van der Waals surface area contributed by atoms with Gasteiger partial charge in [0.25, 0.3) is 0 Å². The normalized spacial score (nSPS) is 40.1. The number of Topliss-reactive ketones (excluding diaryl/α,β-unsaturated/α-hetero) is 1. The Hall–Kier alpha value is -0.860. The fourth-order valence-electron chi connectivity index (χ4n) is 3.35. The molecule has 0 aromatic rings. The molecule has 2 aliphatic carbocycles. The molecule has 2 aliphatic rings. The zero-order valence-corrected chi connectivity index (χ0v) is 10.5. The first-order valence-electron chi connectivity index (χ1n) is 6.06. The number of hydrogen-bond donors (Lipinski definition) is 0. The van der Waals surface area contributed by atoms with E-state index >= 15 is 0 Å². The first kappa shape index (κ1) is 11.6. The summed E-state index contributed by atoms with van der Waals surface area (Å²) in [4.78, 5) is 23.4. The Kier molecular flexibility index (Phi) is 2.41. The van der Waals surface area contributed by atoms with Crippen molar-refractivity contribution in [1.29, 1.82) is 0 Å². The summed E-state index contributed by atoms with van der Waals surface area (Å²) in [5.74, 6) is 0.449. The van der Waals surface area contributed by atoms with Gasteiger partial charge >= 0.3 is 5.97 Å². The number of fused-ring (bicyclic) bond motifs is 2. The van der Waals surface area contributed by atoms with Crippen LogP contribution >= 0.6 is 0 Å². The number of ether oxygens (including phenoxy) is 1. The summed E-state index contributed by atoms with van der Waals surface area (Å²) in [6, 6.07) is 0. The van der Waals surface area contributed by atoms with Crippen LogP contribution in [-0.2, 0) is 14.3 Å². The topological polar surface area (TPSA) is 43.4 Å². The second kappa shape index (κ2) is 3.31. The van der Waals surface area contributed by atoms with Gasteiger partial charge in [-0.15, -0.1) is 0 Å². The largest absolute Gasteiger partial charge is 0.461 e. The van der Waals surface area contributed by atoms with Crippen molar-refractivity contribution >= 4 is 11.8 Å². The second-order valence-corrected chi connectivity index (χ2v) is 5.82. The highest BCUT2D eigenvalue weighted by Gasteiger charge is 2.67. The third-order valence-electron chi connectivity index (χ3n) is 5.08. The van der Waals surface area contributed by atoms with Crippen LogP contribution in [0.25, 0.3) is 0 Å². The van der Waals surface area contributed by atoms with E-state index in [0.717, 1.165) is 6.42 Å². The fraction of sp³-hybridized carbons (Fsp3) is 0.846. The van der Waals surface area contributed by atoms with Gasteiger partial charge in [0, 0.05) is 12.8 Å². The van der Waals surface area contributed by atoms with Gasteiger partial charge in [0.15, 0.2) is 0 Å². The van der Waals surface area contributed by atoms with Gasteiger partial charge in [0.05, 0.1) is 5.41 Å². The maximum atomic E-state index is 12.1. The molecule has 0 aromatic heterocycles. The molecule has 3 nitrogen and oxygen atoms in total. The summed E-state index contributed by atoms with van der Waals surface area (Å²) in [5, 5.41) is 0. The molecule has 0 N–H and O–H groups in total. The molecule has 3 unspecified atom stereocenters. The standard InChI is InChI=1S/C13H20O3/c1-5-11(15)16-10-7-8-6-9(14)13(10,4)12(8,2)3/h8,10H,5-7H2,1-4H3. The number of ketones is 1. The third-order valence-corrected chi connectivity index (χ3v) is 5.08. The molecular formula is C13H20O3. The van der Waals surface area contributed by atoms with Gasteiger partial charge in [-0.3, -0.25) is 9.59 Å². The summed E-state index contributed by atoms with van der Waals surface area (Å²) < 4.78 is 5.44. The highest BCUT2D eigenvalue weighted by atomic mass is 16.5. The first-order valence-corrected chi connectivity index (χ1v) is 6.06. The summed E-state index contributed by atoms with van der Waals surface area (Å²) in [6.07, 6.45) is 1.68. The Balaban J connectivity index is 2.26. The number of hydrogen-bond acceptors (Lipinski definition) is 3. The van der Waals surface area contributed by atoms with E-state index in [0.29, 0.717) is 18.8 Å². The van der Waals surface area contributed by atoms with Crippen LogP contribution in [0.15, 0.2) is 0 Å². The van der Waals surface area contributed by atoms with Gasteiger partial charge < -0.3 is 4.74 Å². The number of esters is 1. The highest BCUT2D eigenvalue weighted by Crippen LogP contribution is 2.64. The van der Waals surface area contributed by atoms with E-state index in [9.17, 15) is 9.59 Å². The summed E-state index contributed by atoms with van der Waals surface area (Å²) in [7, 11) is 0. The van der Waals surface area contributed by atoms with Crippen molar-refractivity contribution in [2.24, 2.45) is 16.7 Å². The molecule has 2 fully saturated rings. The number of carbonyl (C=O) groups excluding carboxylic acids is 2. The van der Waals surface area contributed by atoms with Gasteiger partial charge in [0.2, 0.25) is 0 Å². The monoisotopic (exact) mass is 224 g/mol. The minimum atomic E-state index is -0.470. The summed E-state index contributed by atoms with van der Waals surface area (Å²) in [5.41, 5.74) is -0.509. The molecular weight excluding hydrogens is 204 g/mol. The molecule has 3 heteroatoms. The maximum Gasteiger partial charge on any atom is 0.305 e. The molecule has 2 saturated carbocycles. The molecule has 0 spiro atoms. The fourth-order valence-corrected chi connectivity index (χ4v) is 3.35. The third kappa shape index (κ3) is 1.20. The van der Waals surface area contributed by atoms with E-state index in [1.807, 2.05) is 6.92 Å². The van der Waals surface area contributed by atoms with Gasteiger partial charge in [-0.1, -0.05) is 20.8 Å². The Bertz CT molecular complexity index is 345. The van der Waals surface area contributed by atoms with Crippen LogP contribution in [0.2, 0.25) is 0 Å². The molecule has 16 heavy (non-hydrogen) atoms. The zero-order chi connectivity index (χ0) is 12.1. The predicted molar refractivity (Wildman–Crippen MR) is 59.8 cm³/mol. The van der Waals surface area contributed by atoms with Crippen molar-refractivity contribution in [2.45, 2.75) is 53.1 Å². The van der Waals surface area contributed by atoms with Crippen LogP contribution in [0.3, 0.4) is 0 Å². The minimum Gasteiger partial charge on any atom is -0.461 e. The van der Waals surface area contributed by atoms with Crippen molar-refractivity contribution in [3.8, 4) is 0 Å². The van der Waals surface area contributed by atoms with Crippen molar-refractivity contribution in [3.63, 3.8) is 0 Å². The number of carbonyl (C=O) groups is 2. The van der Waals surface area contributed by atoms with Crippen molar-refractivity contribution in [2.75, 3.05) is 0 Å². The molecule has 0 heterocycles. The van der Waals surface area contributed by atoms with Crippen LogP contribution in [-0.4, -0.2) is 17.9 Å². The van der Waals surface area contributed by atoms with Crippen molar-refractivity contribution in [3.05, 3.63) is 0 Å². The lowest BCUT2D eigenvalue weighted by atomic mass is 9.69. The SMILES string of the molecule is CCC(=O)OC1CC2CC(=O)C1(C)C2(C)C. The van der Waals surface area contributed by atoms with E-state index in [-0.39, 0.29) is 23.3 Å². The second-order valence-electron chi connectivity index (χ2n) is 5.82. The van der Waals surface area contributed by atoms with E-state index in [4.69, 9.17) is 4.74 Å². The first-order chi connectivity index (χ1) is 7.34. The lowest BCUT2D eigenvalue weighted by Crippen LogP contribution is -2.43. The average Bonchev–Trinajstić information content (AvgIpc) is 2.49. The van der Waals surface area contributed by atoms with Crippen LogP contribution in [0.1, 0.15) is 47.0 Å². The quantitative estimate of drug-likeness (QED) is 0.676. The Labute approximate surface area is 96.5 Å². The van der Waals surface area contributed by atoms with Crippen LogP contribution in [0.5, 0.6) is 0 Å². The van der Waals surface area contributed by atoms with Crippen molar-refractivity contribution < 1.29 is 14.3 Å². The minimum absolute atomic E-state index is 0.0389. The summed E-state index contributed by atoms with van der Waals surface area (Å²) in [6.45, 7) is 8.01. The molecule has 0 radical (unpaired) electrons. The maximum absolute atomic E-state index is 12.1. The number of rotatable bonds is 2. The lowest BCUT2D eigenvalue weighted by Gasteiger charge is -2.36. The van der Waals surface area contributed by atoms with Gasteiger partial charge in [-0.05, 0) is 24.7 Å². The van der Waals surface area contributed by atoms with Gasteiger partial charge in [-0.25, -0.2) is 0 Å². The van der Waals surface area contributed by atoms with E-state index in [1.165, 1.54) is 0 Å². The molecule has 2 rings (SSSR count). The van der Waals surface area contributed by atoms with Gasteiger partial charge in [-0.2, -0.15) is 0 Å². The van der Waals surface area contributed by atoms with E-state index in [2.05, 4.69) is 13.8 Å². The summed E-state index contributed by atoms with van der Waals surface area (Å²) >= 11 is 0.